The van der Waals surface area contributed by atoms with Crippen LogP contribution in [-0.2, 0) is 10.0 Å². The molecule has 1 aromatic rings. The largest absolute Gasteiger partial charge is 0.399 e. The molecule has 108 valence electrons. The van der Waals surface area contributed by atoms with Gasteiger partial charge in [0.25, 0.3) is 0 Å². The van der Waals surface area contributed by atoms with Crippen LogP contribution >= 0.6 is 0 Å². The van der Waals surface area contributed by atoms with Crippen LogP contribution in [-0.4, -0.2) is 15.0 Å². The molecule has 0 aliphatic carbocycles. The van der Waals surface area contributed by atoms with Crippen molar-refractivity contribution < 1.29 is 8.42 Å². The maximum absolute atomic E-state index is 12.4. The molecule has 1 atom stereocenters. The van der Waals surface area contributed by atoms with E-state index in [9.17, 15) is 8.42 Å². The van der Waals surface area contributed by atoms with Crippen molar-refractivity contribution in [1.29, 1.82) is 0 Å². The van der Waals surface area contributed by atoms with Crippen molar-refractivity contribution in [3.8, 4) is 0 Å². The Morgan fingerprint density at radius 2 is 1.63 bits per heavy atom. The Balaban J connectivity index is 3.02. The molecule has 1 aromatic carbocycles. The van der Waals surface area contributed by atoms with Gasteiger partial charge in [-0.1, -0.05) is 20.8 Å². The summed E-state index contributed by atoms with van der Waals surface area (Å²) in [7, 11) is -3.47. The summed E-state index contributed by atoms with van der Waals surface area (Å²) in [4.78, 5) is 0.345. The van der Waals surface area contributed by atoms with Crippen LogP contribution in [0.1, 0.15) is 31.9 Å². The lowest BCUT2D eigenvalue weighted by atomic mass is 9.99. The van der Waals surface area contributed by atoms with Gasteiger partial charge < -0.3 is 5.73 Å². The van der Waals surface area contributed by atoms with E-state index in [0.717, 1.165) is 0 Å². The number of rotatable bonds is 5. The van der Waals surface area contributed by atoms with Crippen molar-refractivity contribution in [3.05, 3.63) is 23.3 Å². The number of hydrogen-bond acceptors (Lipinski definition) is 3. The molecule has 1 unspecified atom stereocenters. The highest BCUT2D eigenvalue weighted by molar-refractivity contribution is 7.89. The summed E-state index contributed by atoms with van der Waals surface area (Å²) in [5.74, 6) is 0.737. The maximum Gasteiger partial charge on any atom is 0.241 e. The van der Waals surface area contributed by atoms with Gasteiger partial charge in [0.1, 0.15) is 0 Å². The van der Waals surface area contributed by atoms with Crippen LogP contribution in [0.15, 0.2) is 17.0 Å². The number of sulfonamides is 1. The van der Waals surface area contributed by atoms with Crippen molar-refractivity contribution in [2.75, 3.05) is 12.3 Å². The molecule has 0 saturated carbocycles. The summed E-state index contributed by atoms with van der Waals surface area (Å²) in [6.45, 7) is 10.2. The van der Waals surface area contributed by atoms with Gasteiger partial charge in [-0.2, -0.15) is 0 Å². The van der Waals surface area contributed by atoms with Gasteiger partial charge in [0.15, 0.2) is 0 Å². The summed E-state index contributed by atoms with van der Waals surface area (Å²) in [5.41, 5.74) is 7.67. The second kappa shape index (κ2) is 5.92. The minimum absolute atomic E-state index is 0.296. The van der Waals surface area contributed by atoms with E-state index in [4.69, 9.17) is 5.73 Å². The molecule has 0 bridgehead atoms. The molecule has 4 nitrogen and oxygen atoms in total. The van der Waals surface area contributed by atoms with Crippen LogP contribution in [0.4, 0.5) is 5.69 Å². The van der Waals surface area contributed by atoms with E-state index < -0.39 is 10.0 Å². The van der Waals surface area contributed by atoms with Gasteiger partial charge in [0.05, 0.1) is 4.90 Å². The molecular weight excluding hydrogens is 260 g/mol. The lowest BCUT2D eigenvalue weighted by Crippen LogP contribution is -2.31. The number of aryl methyl sites for hydroxylation is 2. The molecule has 0 aliphatic heterocycles. The molecular formula is C14H24N2O2S. The lowest BCUT2D eigenvalue weighted by molar-refractivity contribution is 0.414. The van der Waals surface area contributed by atoms with Crippen LogP contribution < -0.4 is 10.5 Å². The zero-order valence-corrected chi connectivity index (χ0v) is 13.1. The number of benzene rings is 1. The summed E-state index contributed by atoms with van der Waals surface area (Å²) in [5, 5.41) is 0. The van der Waals surface area contributed by atoms with Crippen LogP contribution in [0, 0.1) is 25.7 Å². The SMILES string of the molecule is Cc1cc(N)cc(C)c1S(=O)(=O)NCC(C)C(C)C. The number of nitrogens with one attached hydrogen (secondary N) is 1. The van der Waals surface area contributed by atoms with E-state index in [1.807, 2.05) is 6.92 Å². The number of nitrogen functional groups attached to an aromatic ring is 1. The van der Waals surface area contributed by atoms with Gasteiger partial charge in [-0.15, -0.1) is 0 Å². The Labute approximate surface area is 116 Å². The lowest BCUT2D eigenvalue weighted by Gasteiger charge is -2.18. The van der Waals surface area contributed by atoms with E-state index in [1.165, 1.54) is 0 Å². The second-order valence-corrected chi connectivity index (χ2v) is 7.26. The molecule has 0 fully saturated rings. The topological polar surface area (TPSA) is 72.2 Å². The number of anilines is 1. The van der Waals surface area contributed by atoms with Gasteiger partial charge >= 0.3 is 0 Å². The highest BCUT2D eigenvalue weighted by atomic mass is 32.2. The summed E-state index contributed by atoms with van der Waals surface area (Å²) < 4.78 is 27.4. The fourth-order valence-electron chi connectivity index (χ4n) is 1.96. The zero-order chi connectivity index (χ0) is 14.8. The fraction of sp³-hybridized carbons (Fsp3) is 0.571. The highest BCUT2D eigenvalue weighted by Crippen LogP contribution is 2.23. The van der Waals surface area contributed by atoms with E-state index in [2.05, 4.69) is 18.6 Å². The van der Waals surface area contributed by atoms with Gasteiger partial charge in [0, 0.05) is 12.2 Å². The Morgan fingerprint density at radius 3 is 2.05 bits per heavy atom. The second-order valence-electron chi connectivity index (χ2n) is 5.56. The Morgan fingerprint density at radius 1 is 1.16 bits per heavy atom. The Bertz CT molecular complexity index is 528. The average Bonchev–Trinajstić information content (AvgIpc) is 2.23. The molecule has 3 N–H and O–H groups in total. The number of hydrogen-bond donors (Lipinski definition) is 2. The minimum atomic E-state index is -3.47. The quantitative estimate of drug-likeness (QED) is 0.816. The van der Waals surface area contributed by atoms with Gasteiger partial charge in [-0.05, 0) is 48.9 Å². The highest BCUT2D eigenvalue weighted by Gasteiger charge is 2.21. The normalized spacial score (nSPS) is 13.8. The Hall–Kier alpha value is -1.07. The van der Waals surface area contributed by atoms with Crippen LogP contribution in [0.25, 0.3) is 0 Å². The number of nitrogens with two attached hydrogens (primary N) is 1. The van der Waals surface area contributed by atoms with Crippen molar-refractivity contribution in [2.24, 2.45) is 11.8 Å². The molecule has 1 rings (SSSR count). The third kappa shape index (κ3) is 3.94. The van der Waals surface area contributed by atoms with Gasteiger partial charge in [-0.25, -0.2) is 13.1 Å². The van der Waals surface area contributed by atoms with Gasteiger partial charge in [-0.3, -0.25) is 0 Å². The van der Waals surface area contributed by atoms with Crippen molar-refractivity contribution in [1.82, 2.24) is 4.72 Å². The van der Waals surface area contributed by atoms with Crippen molar-refractivity contribution in [2.45, 2.75) is 39.5 Å². The monoisotopic (exact) mass is 284 g/mol. The maximum atomic E-state index is 12.4. The van der Waals surface area contributed by atoms with Crippen LogP contribution in [0.5, 0.6) is 0 Å². The first-order chi connectivity index (χ1) is 8.65. The molecule has 5 heteroatoms. The molecule has 0 aliphatic rings. The molecule has 0 aromatic heterocycles. The summed E-state index contributed by atoms with van der Waals surface area (Å²) in [6.07, 6.45) is 0. The average molecular weight is 284 g/mol. The molecule has 0 radical (unpaired) electrons. The smallest absolute Gasteiger partial charge is 0.241 e. The van der Waals surface area contributed by atoms with E-state index in [1.54, 1.807) is 26.0 Å². The third-order valence-electron chi connectivity index (χ3n) is 3.48. The van der Waals surface area contributed by atoms with Crippen molar-refractivity contribution in [3.63, 3.8) is 0 Å². The van der Waals surface area contributed by atoms with E-state index in [-0.39, 0.29) is 0 Å². The standard InChI is InChI=1S/C14H24N2O2S/c1-9(2)12(5)8-16-19(17,18)14-10(3)6-13(15)7-11(14)4/h6-7,9,12,16H,8,15H2,1-5H3. The predicted molar refractivity (Wildman–Crippen MR) is 79.5 cm³/mol. The zero-order valence-electron chi connectivity index (χ0n) is 12.3. The molecule has 0 amide bonds. The third-order valence-corrected chi connectivity index (χ3v) is 5.21. The molecule has 0 spiro atoms. The first-order valence-corrected chi connectivity index (χ1v) is 8.00. The summed E-state index contributed by atoms with van der Waals surface area (Å²) in [6, 6.07) is 3.38. The first-order valence-electron chi connectivity index (χ1n) is 6.51. The van der Waals surface area contributed by atoms with Gasteiger partial charge in [0.2, 0.25) is 10.0 Å². The van der Waals surface area contributed by atoms with Crippen molar-refractivity contribution >= 4 is 15.7 Å². The minimum Gasteiger partial charge on any atom is -0.399 e. The first kappa shape index (κ1) is 16.0. The fourth-order valence-corrected chi connectivity index (χ4v) is 3.55. The molecule has 0 saturated heterocycles. The van der Waals surface area contributed by atoms with Crippen LogP contribution in [0.3, 0.4) is 0 Å². The Kier molecular flexibility index (Phi) is 4.98. The molecule has 0 heterocycles. The van der Waals surface area contributed by atoms with Crippen LogP contribution in [0.2, 0.25) is 0 Å². The summed E-state index contributed by atoms with van der Waals surface area (Å²) >= 11 is 0. The van der Waals surface area contributed by atoms with E-state index in [0.29, 0.717) is 40.1 Å². The van der Waals surface area contributed by atoms with E-state index >= 15 is 0 Å². The molecule has 19 heavy (non-hydrogen) atoms. The predicted octanol–water partition coefficient (Wildman–Crippen LogP) is 2.46.